The monoisotopic (exact) mass is 524 g/mol. The molecule has 0 unspecified atom stereocenters. The average molecular weight is 524 g/mol. The summed E-state index contributed by atoms with van der Waals surface area (Å²) in [5, 5.41) is 9.51. The molecule has 164 valence electrons. The summed E-state index contributed by atoms with van der Waals surface area (Å²) in [5.41, 5.74) is 4.11. The van der Waals surface area contributed by atoms with Crippen LogP contribution in [0.2, 0.25) is 0 Å². The summed E-state index contributed by atoms with van der Waals surface area (Å²) >= 11 is 0. The topological polar surface area (TPSA) is 74.8 Å². The van der Waals surface area contributed by atoms with E-state index in [0.717, 1.165) is 35.1 Å². The van der Waals surface area contributed by atoms with Gasteiger partial charge in [-0.2, -0.15) is 0 Å². The van der Waals surface area contributed by atoms with E-state index in [1.165, 1.54) is 5.56 Å². The molecule has 2 rings (SSSR count). The molecule has 0 heterocycles. The molecule has 0 saturated carbocycles. The fourth-order valence-corrected chi connectivity index (χ4v) is 2.67. The van der Waals surface area contributed by atoms with Gasteiger partial charge in [-0.25, -0.2) is 4.99 Å². The molecule has 0 aliphatic heterocycles. The quantitative estimate of drug-likeness (QED) is 0.271. The van der Waals surface area contributed by atoms with Gasteiger partial charge >= 0.3 is 0 Å². The molecule has 3 N–H and O–H groups in total. The first kappa shape index (κ1) is 25.7. The minimum Gasteiger partial charge on any atom is -0.496 e. The standard InChI is InChI=1S/C23H32N4O2.HI/c1-6-24-23(26-15-19-10-7-17(4)13-21(19)29-5)25-14-18-8-11-20(12-9-18)27-22(28)16(2)3;/h7-13,16H,6,14-15H2,1-5H3,(H,27,28)(H2,24,25,26);1H. The minimum absolute atomic E-state index is 0. The maximum Gasteiger partial charge on any atom is 0.226 e. The second kappa shape index (κ2) is 13.1. The van der Waals surface area contributed by atoms with Crippen LogP contribution < -0.4 is 20.7 Å². The molecule has 0 aliphatic carbocycles. The van der Waals surface area contributed by atoms with Crippen LogP contribution in [0.15, 0.2) is 47.5 Å². The number of nitrogens with one attached hydrogen (secondary N) is 3. The number of hydrogen-bond donors (Lipinski definition) is 3. The zero-order chi connectivity index (χ0) is 21.2. The number of anilines is 1. The van der Waals surface area contributed by atoms with Gasteiger partial charge in [-0.1, -0.05) is 38.1 Å². The third kappa shape index (κ3) is 8.22. The lowest BCUT2D eigenvalue weighted by atomic mass is 10.1. The van der Waals surface area contributed by atoms with E-state index in [4.69, 9.17) is 4.74 Å². The van der Waals surface area contributed by atoms with Crippen molar-refractivity contribution in [2.24, 2.45) is 10.9 Å². The van der Waals surface area contributed by atoms with Gasteiger partial charge in [-0.05, 0) is 43.2 Å². The average Bonchev–Trinajstić information content (AvgIpc) is 2.71. The summed E-state index contributed by atoms with van der Waals surface area (Å²) in [5.74, 6) is 1.58. The molecular weight excluding hydrogens is 491 g/mol. The smallest absolute Gasteiger partial charge is 0.226 e. The molecule has 1 amide bonds. The fraction of sp³-hybridized carbons (Fsp3) is 0.391. The Bertz CT molecular complexity index is 836. The van der Waals surface area contributed by atoms with E-state index in [0.29, 0.717) is 13.1 Å². The number of guanidine groups is 1. The molecule has 0 aromatic heterocycles. The predicted molar refractivity (Wildman–Crippen MR) is 135 cm³/mol. The van der Waals surface area contributed by atoms with Crippen LogP contribution in [0.25, 0.3) is 0 Å². The summed E-state index contributed by atoms with van der Waals surface area (Å²) < 4.78 is 5.47. The number of benzene rings is 2. The van der Waals surface area contributed by atoms with E-state index < -0.39 is 0 Å². The predicted octanol–water partition coefficient (Wildman–Crippen LogP) is 4.47. The Morgan fingerprint density at radius 1 is 1.10 bits per heavy atom. The Hall–Kier alpha value is -2.29. The van der Waals surface area contributed by atoms with Gasteiger partial charge < -0.3 is 20.7 Å². The lowest BCUT2D eigenvalue weighted by molar-refractivity contribution is -0.118. The second-order valence-corrected chi connectivity index (χ2v) is 7.20. The third-order valence-electron chi connectivity index (χ3n) is 4.40. The van der Waals surface area contributed by atoms with E-state index in [1.807, 2.05) is 58.0 Å². The minimum atomic E-state index is -0.0415. The molecular formula is C23H33IN4O2. The van der Waals surface area contributed by atoms with Crippen LogP contribution in [0.4, 0.5) is 5.69 Å². The number of aliphatic imine (C=N–C) groups is 1. The van der Waals surface area contributed by atoms with Crippen LogP contribution in [0.5, 0.6) is 5.75 Å². The van der Waals surface area contributed by atoms with Gasteiger partial charge in [0.05, 0.1) is 13.7 Å². The molecule has 0 aliphatic rings. The van der Waals surface area contributed by atoms with Crippen molar-refractivity contribution in [1.29, 1.82) is 0 Å². The molecule has 0 spiro atoms. The molecule has 6 nitrogen and oxygen atoms in total. The Morgan fingerprint density at radius 2 is 1.80 bits per heavy atom. The number of nitrogens with zero attached hydrogens (tertiary/aromatic N) is 1. The van der Waals surface area contributed by atoms with Gasteiger partial charge in [0, 0.05) is 30.3 Å². The molecule has 0 bridgehead atoms. The Morgan fingerprint density at radius 3 is 2.40 bits per heavy atom. The summed E-state index contributed by atoms with van der Waals surface area (Å²) in [7, 11) is 1.69. The summed E-state index contributed by atoms with van der Waals surface area (Å²) in [6, 6.07) is 13.9. The van der Waals surface area contributed by atoms with Crippen molar-refractivity contribution in [2.75, 3.05) is 19.0 Å². The first-order valence-corrected chi connectivity index (χ1v) is 9.98. The maximum atomic E-state index is 11.8. The maximum absolute atomic E-state index is 11.8. The second-order valence-electron chi connectivity index (χ2n) is 7.20. The number of aryl methyl sites for hydroxylation is 1. The number of halogens is 1. The van der Waals surface area contributed by atoms with Gasteiger partial charge in [0.25, 0.3) is 0 Å². The summed E-state index contributed by atoms with van der Waals surface area (Å²) in [6.07, 6.45) is 0. The van der Waals surface area contributed by atoms with E-state index in [2.05, 4.69) is 33.1 Å². The fourth-order valence-electron chi connectivity index (χ4n) is 2.67. The van der Waals surface area contributed by atoms with E-state index in [9.17, 15) is 4.79 Å². The largest absolute Gasteiger partial charge is 0.496 e. The number of carbonyl (C=O) groups excluding carboxylic acids is 1. The van der Waals surface area contributed by atoms with Gasteiger partial charge in [-0.3, -0.25) is 4.79 Å². The molecule has 2 aromatic carbocycles. The van der Waals surface area contributed by atoms with Gasteiger partial charge in [0.15, 0.2) is 5.96 Å². The number of carbonyl (C=O) groups is 1. The lowest BCUT2D eigenvalue weighted by Crippen LogP contribution is -2.36. The molecule has 0 fully saturated rings. The molecule has 30 heavy (non-hydrogen) atoms. The van der Waals surface area contributed by atoms with Crippen molar-refractivity contribution >= 4 is 41.5 Å². The number of hydrogen-bond acceptors (Lipinski definition) is 3. The van der Waals surface area contributed by atoms with Crippen LogP contribution in [-0.2, 0) is 17.9 Å². The highest BCUT2D eigenvalue weighted by atomic mass is 127. The van der Waals surface area contributed by atoms with Crippen LogP contribution in [-0.4, -0.2) is 25.5 Å². The van der Waals surface area contributed by atoms with Gasteiger partial charge in [0.2, 0.25) is 5.91 Å². The highest BCUT2D eigenvalue weighted by Crippen LogP contribution is 2.19. The highest BCUT2D eigenvalue weighted by Gasteiger charge is 2.07. The first-order valence-electron chi connectivity index (χ1n) is 9.98. The van der Waals surface area contributed by atoms with Gasteiger partial charge in [-0.15, -0.1) is 24.0 Å². The molecule has 2 aromatic rings. The Labute approximate surface area is 196 Å². The highest BCUT2D eigenvalue weighted by molar-refractivity contribution is 14.0. The number of amides is 1. The van der Waals surface area contributed by atoms with Crippen molar-refractivity contribution in [3.8, 4) is 5.75 Å². The first-order chi connectivity index (χ1) is 13.9. The molecule has 0 radical (unpaired) electrons. The molecule has 0 saturated heterocycles. The van der Waals surface area contributed by atoms with Crippen LogP contribution in [0.1, 0.15) is 37.5 Å². The molecule has 0 atom stereocenters. The zero-order valence-corrected chi connectivity index (χ0v) is 20.7. The van der Waals surface area contributed by atoms with Crippen molar-refractivity contribution in [1.82, 2.24) is 10.6 Å². The van der Waals surface area contributed by atoms with Crippen LogP contribution in [0, 0.1) is 12.8 Å². The van der Waals surface area contributed by atoms with Crippen molar-refractivity contribution < 1.29 is 9.53 Å². The summed E-state index contributed by atoms with van der Waals surface area (Å²) in [6.45, 7) is 9.77. The van der Waals surface area contributed by atoms with E-state index >= 15 is 0 Å². The van der Waals surface area contributed by atoms with Crippen LogP contribution >= 0.6 is 24.0 Å². The molecule has 7 heteroatoms. The normalized spacial score (nSPS) is 10.9. The SMILES string of the molecule is CCNC(=NCc1ccc(NC(=O)C(C)C)cc1)NCc1ccc(C)cc1OC.I. The van der Waals surface area contributed by atoms with E-state index in [-0.39, 0.29) is 35.8 Å². The van der Waals surface area contributed by atoms with Crippen molar-refractivity contribution in [3.05, 3.63) is 59.2 Å². The third-order valence-corrected chi connectivity index (χ3v) is 4.40. The number of rotatable bonds is 8. The van der Waals surface area contributed by atoms with Crippen LogP contribution in [0.3, 0.4) is 0 Å². The van der Waals surface area contributed by atoms with Crippen molar-refractivity contribution in [2.45, 2.75) is 40.8 Å². The zero-order valence-electron chi connectivity index (χ0n) is 18.4. The Balaban J connectivity index is 0.00000450. The lowest BCUT2D eigenvalue weighted by Gasteiger charge is -2.14. The number of ether oxygens (including phenoxy) is 1. The van der Waals surface area contributed by atoms with E-state index in [1.54, 1.807) is 7.11 Å². The van der Waals surface area contributed by atoms with Gasteiger partial charge in [0.1, 0.15) is 5.75 Å². The number of methoxy groups -OCH3 is 1. The van der Waals surface area contributed by atoms with Crippen molar-refractivity contribution in [3.63, 3.8) is 0 Å². The Kier molecular flexibility index (Phi) is 11.2. The summed E-state index contributed by atoms with van der Waals surface area (Å²) in [4.78, 5) is 16.4.